The third-order valence-corrected chi connectivity index (χ3v) is 3.89. The maximum Gasteiger partial charge on any atom is 0.0760 e. The van der Waals surface area contributed by atoms with E-state index in [1.165, 1.54) is 5.69 Å². The Kier molecular flexibility index (Phi) is 4.77. The van der Waals surface area contributed by atoms with Crippen LogP contribution in [0.5, 0.6) is 0 Å². The summed E-state index contributed by atoms with van der Waals surface area (Å²) in [5, 5.41) is 3.47. The number of benzene rings is 1. The van der Waals surface area contributed by atoms with E-state index in [-0.39, 0.29) is 11.2 Å². The topological polar surface area (TPSA) is 24.5 Å². The van der Waals surface area contributed by atoms with E-state index in [1.807, 2.05) is 0 Å². The van der Waals surface area contributed by atoms with E-state index < -0.39 is 0 Å². The quantitative estimate of drug-likeness (QED) is 0.903. The molecule has 0 aromatic heterocycles. The number of nitrogens with one attached hydrogen (secondary N) is 1. The third-order valence-electron chi connectivity index (χ3n) is 3.36. The van der Waals surface area contributed by atoms with Crippen molar-refractivity contribution < 1.29 is 4.74 Å². The number of hydrogen-bond acceptors (Lipinski definition) is 3. The summed E-state index contributed by atoms with van der Waals surface area (Å²) >= 11 is 3.45. The lowest BCUT2D eigenvalue weighted by Crippen LogP contribution is -2.57. The normalized spacial score (nSPS) is 21.6. The Hall–Kier alpha value is -0.580. The molecular formula is C16H25BrN2O. The second-order valence-electron chi connectivity index (χ2n) is 6.77. The average Bonchev–Trinajstić information content (AvgIpc) is 2.27. The molecule has 1 saturated heterocycles. The number of morpholine rings is 1. The molecule has 3 nitrogen and oxygen atoms in total. The standard InChI is InChI=1S/C16H25BrN2O/c1-15(2)11-19(12-16(3,4)20-15)10-9-18-14-7-5-13(17)6-8-14/h5-8,18H,9-12H2,1-4H3. The number of rotatable bonds is 4. The Bertz CT molecular complexity index is 426. The molecule has 0 aliphatic carbocycles. The van der Waals surface area contributed by atoms with E-state index in [0.717, 1.165) is 30.7 Å². The summed E-state index contributed by atoms with van der Waals surface area (Å²) < 4.78 is 7.21. The summed E-state index contributed by atoms with van der Waals surface area (Å²) in [5.41, 5.74) is 1.03. The van der Waals surface area contributed by atoms with Gasteiger partial charge in [0, 0.05) is 36.3 Å². The minimum atomic E-state index is -0.0701. The maximum absolute atomic E-state index is 6.10. The third kappa shape index (κ3) is 4.76. The van der Waals surface area contributed by atoms with Gasteiger partial charge in [-0.1, -0.05) is 15.9 Å². The van der Waals surface area contributed by atoms with Crippen LogP contribution in [0.15, 0.2) is 28.7 Å². The Morgan fingerprint density at radius 1 is 1.10 bits per heavy atom. The predicted molar refractivity (Wildman–Crippen MR) is 88.3 cm³/mol. The van der Waals surface area contributed by atoms with Crippen LogP contribution in [0.25, 0.3) is 0 Å². The zero-order valence-electron chi connectivity index (χ0n) is 12.9. The van der Waals surface area contributed by atoms with Gasteiger partial charge in [-0.05, 0) is 52.0 Å². The molecule has 0 bridgehead atoms. The number of nitrogens with zero attached hydrogens (tertiary/aromatic N) is 1. The van der Waals surface area contributed by atoms with E-state index in [4.69, 9.17) is 4.74 Å². The fourth-order valence-electron chi connectivity index (χ4n) is 3.03. The SMILES string of the molecule is CC1(C)CN(CCNc2ccc(Br)cc2)CC(C)(C)O1. The van der Waals surface area contributed by atoms with Crippen molar-refractivity contribution in [1.29, 1.82) is 0 Å². The highest BCUT2D eigenvalue weighted by molar-refractivity contribution is 9.10. The first-order valence-electron chi connectivity index (χ1n) is 7.18. The van der Waals surface area contributed by atoms with Gasteiger partial charge in [0.25, 0.3) is 0 Å². The predicted octanol–water partition coefficient (Wildman–Crippen LogP) is 3.75. The van der Waals surface area contributed by atoms with Crippen molar-refractivity contribution >= 4 is 21.6 Å². The summed E-state index contributed by atoms with van der Waals surface area (Å²) in [7, 11) is 0. The summed E-state index contributed by atoms with van der Waals surface area (Å²) in [6.07, 6.45) is 0. The first kappa shape index (κ1) is 15.8. The number of anilines is 1. The average molecular weight is 341 g/mol. The van der Waals surface area contributed by atoms with Gasteiger partial charge in [0.05, 0.1) is 11.2 Å². The first-order valence-corrected chi connectivity index (χ1v) is 7.97. The Balaban J connectivity index is 1.83. The lowest BCUT2D eigenvalue weighted by Gasteiger charge is -2.47. The van der Waals surface area contributed by atoms with E-state index >= 15 is 0 Å². The maximum atomic E-state index is 6.10. The van der Waals surface area contributed by atoms with Crippen molar-refractivity contribution in [2.75, 3.05) is 31.5 Å². The molecule has 1 aliphatic rings. The van der Waals surface area contributed by atoms with E-state index in [9.17, 15) is 0 Å². The van der Waals surface area contributed by atoms with Crippen LogP contribution in [-0.4, -0.2) is 42.3 Å². The lowest BCUT2D eigenvalue weighted by atomic mass is 9.99. The number of ether oxygens (including phenoxy) is 1. The van der Waals surface area contributed by atoms with E-state index in [2.05, 4.69) is 78.1 Å². The number of hydrogen-bond donors (Lipinski definition) is 1. The van der Waals surface area contributed by atoms with Crippen LogP contribution in [0, 0.1) is 0 Å². The molecular weight excluding hydrogens is 316 g/mol. The first-order chi connectivity index (χ1) is 9.26. The van der Waals surface area contributed by atoms with Crippen molar-refractivity contribution in [2.24, 2.45) is 0 Å². The van der Waals surface area contributed by atoms with Gasteiger partial charge in [-0.2, -0.15) is 0 Å². The van der Waals surface area contributed by atoms with Gasteiger partial charge in [-0.15, -0.1) is 0 Å². The number of halogens is 1. The zero-order chi connectivity index (χ0) is 14.8. The second kappa shape index (κ2) is 6.04. The molecule has 1 N–H and O–H groups in total. The van der Waals surface area contributed by atoms with Crippen LogP contribution < -0.4 is 5.32 Å². The highest BCUT2D eigenvalue weighted by Crippen LogP contribution is 2.27. The van der Waals surface area contributed by atoms with E-state index in [1.54, 1.807) is 0 Å². The van der Waals surface area contributed by atoms with Gasteiger partial charge >= 0.3 is 0 Å². The Morgan fingerprint density at radius 2 is 1.65 bits per heavy atom. The molecule has 4 heteroatoms. The van der Waals surface area contributed by atoms with Gasteiger partial charge in [0.1, 0.15) is 0 Å². The van der Waals surface area contributed by atoms with Crippen molar-refractivity contribution in [3.63, 3.8) is 0 Å². The summed E-state index contributed by atoms with van der Waals surface area (Å²) in [5.74, 6) is 0. The van der Waals surface area contributed by atoms with Crippen molar-refractivity contribution in [2.45, 2.75) is 38.9 Å². The molecule has 0 amide bonds. The molecule has 0 atom stereocenters. The molecule has 20 heavy (non-hydrogen) atoms. The summed E-state index contributed by atoms with van der Waals surface area (Å²) in [6.45, 7) is 12.6. The molecule has 1 aliphatic heterocycles. The van der Waals surface area contributed by atoms with Crippen molar-refractivity contribution in [1.82, 2.24) is 4.90 Å². The van der Waals surface area contributed by atoms with Crippen LogP contribution in [-0.2, 0) is 4.74 Å². The molecule has 1 fully saturated rings. The van der Waals surface area contributed by atoms with Crippen LogP contribution in [0.2, 0.25) is 0 Å². The molecule has 0 unspecified atom stereocenters. The summed E-state index contributed by atoms with van der Waals surface area (Å²) in [6, 6.07) is 8.31. The fraction of sp³-hybridized carbons (Fsp3) is 0.625. The van der Waals surface area contributed by atoms with Crippen molar-refractivity contribution in [3.8, 4) is 0 Å². The van der Waals surface area contributed by atoms with Gasteiger partial charge < -0.3 is 10.1 Å². The van der Waals surface area contributed by atoms with Crippen molar-refractivity contribution in [3.05, 3.63) is 28.7 Å². The van der Waals surface area contributed by atoms with Gasteiger partial charge in [0.15, 0.2) is 0 Å². The summed E-state index contributed by atoms with van der Waals surface area (Å²) in [4.78, 5) is 2.48. The van der Waals surface area contributed by atoms with Crippen LogP contribution in [0.1, 0.15) is 27.7 Å². The van der Waals surface area contributed by atoms with Gasteiger partial charge in [-0.25, -0.2) is 0 Å². The minimum absolute atomic E-state index is 0.0701. The van der Waals surface area contributed by atoms with Crippen LogP contribution >= 0.6 is 15.9 Å². The van der Waals surface area contributed by atoms with E-state index in [0.29, 0.717) is 0 Å². The second-order valence-corrected chi connectivity index (χ2v) is 7.68. The minimum Gasteiger partial charge on any atom is -0.384 e. The monoisotopic (exact) mass is 340 g/mol. The van der Waals surface area contributed by atoms with Crippen LogP contribution in [0.4, 0.5) is 5.69 Å². The Labute approximate surface area is 130 Å². The molecule has 1 aromatic rings. The molecule has 1 aromatic carbocycles. The molecule has 0 spiro atoms. The molecule has 0 saturated carbocycles. The highest BCUT2D eigenvalue weighted by atomic mass is 79.9. The Morgan fingerprint density at radius 3 is 2.20 bits per heavy atom. The highest BCUT2D eigenvalue weighted by Gasteiger charge is 2.37. The fourth-order valence-corrected chi connectivity index (χ4v) is 3.29. The van der Waals surface area contributed by atoms with Crippen LogP contribution in [0.3, 0.4) is 0 Å². The van der Waals surface area contributed by atoms with Gasteiger partial charge in [0.2, 0.25) is 0 Å². The molecule has 0 radical (unpaired) electrons. The smallest absolute Gasteiger partial charge is 0.0760 e. The molecule has 2 rings (SSSR count). The molecule has 112 valence electrons. The van der Waals surface area contributed by atoms with Gasteiger partial charge in [-0.3, -0.25) is 4.90 Å². The lowest BCUT2D eigenvalue weighted by molar-refractivity contribution is -0.179. The largest absolute Gasteiger partial charge is 0.384 e. The molecule has 1 heterocycles. The zero-order valence-corrected chi connectivity index (χ0v) is 14.5.